The van der Waals surface area contributed by atoms with E-state index in [9.17, 15) is 27.6 Å². The third-order valence-electron chi connectivity index (χ3n) is 7.44. The second-order valence-corrected chi connectivity index (χ2v) is 9.94. The molecular formula is C28H30F3N3O3. The molecule has 3 saturated heterocycles. The Morgan fingerprint density at radius 3 is 1.43 bits per heavy atom. The number of rotatable bonds is 4. The number of hydrogen-bond donors (Lipinski definition) is 0. The van der Waals surface area contributed by atoms with Gasteiger partial charge < -0.3 is 14.7 Å². The summed E-state index contributed by atoms with van der Waals surface area (Å²) in [7, 11) is 0. The first-order chi connectivity index (χ1) is 17.7. The summed E-state index contributed by atoms with van der Waals surface area (Å²) in [4.78, 5) is 42.8. The number of carbonyl (C=O) groups excluding carboxylic acids is 3. The summed E-state index contributed by atoms with van der Waals surface area (Å²) < 4.78 is 42.2. The van der Waals surface area contributed by atoms with Gasteiger partial charge in [-0.15, -0.1) is 0 Å². The summed E-state index contributed by atoms with van der Waals surface area (Å²) in [6.07, 6.45) is 0.924. The highest BCUT2D eigenvalue weighted by atomic mass is 19.4. The molecule has 3 amide bonds. The molecule has 0 radical (unpaired) electrons. The van der Waals surface area contributed by atoms with Crippen LogP contribution < -0.4 is 14.7 Å². The van der Waals surface area contributed by atoms with Crippen molar-refractivity contribution in [1.82, 2.24) is 0 Å². The molecule has 9 heteroatoms. The largest absolute Gasteiger partial charge is 0.416 e. The molecule has 0 aliphatic carbocycles. The number of anilines is 3. The topological polar surface area (TPSA) is 60.9 Å². The highest BCUT2D eigenvalue weighted by Gasteiger charge is 2.36. The van der Waals surface area contributed by atoms with E-state index in [2.05, 4.69) is 0 Å². The average Bonchev–Trinajstić information content (AvgIpc) is 2.88. The van der Waals surface area contributed by atoms with E-state index in [0.29, 0.717) is 62.9 Å². The molecule has 3 fully saturated rings. The van der Waals surface area contributed by atoms with Gasteiger partial charge in [-0.25, -0.2) is 0 Å². The number of alkyl halides is 3. The van der Waals surface area contributed by atoms with Gasteiger partial charge in [0.1, 0.15) is 0 Å². The van der Waals surface area contributed by atoms with Crippen molar-refractivity contribution >= 4 is 34.8 Å². The van der Waals surface area contributed by atoms with Gasteiger partial charge in [-0.2, -0.15) is 13.2 Å². The lowest BCUT2D eigenvalue weighted by Gasteiger charge is -2.34. The minimum Gasteiger partial charge on any atom is -0.312 e. The van der Waals surface area contributed by atoms with Crippen molar-refractivity contribution in [3.05, 3.63) is 42.0 Å². The third-order valence-corrected chi connectivity index (χ3v) is 7.44. The Hall–Kier alpha value is -3.36. The van der Waals surface area contributed by atoms with E-state index >= 15 is 0 Å². The smallest absolute Gasteiger partial charge is 0.312 e. The van der Waals surface area contributed by atoms with Crippen molar-refractivity contribution in [2.75, 3.05) is 34.3 Å². The molecule has 6 nitrogen and oxygen atoms in total. The van der Waals surface area contributed by atoms with Crippen LogP contribution in [0.3, 0.4) is 0 Å². The summed E-state index contributed by atoms with van der Waals surface area (Å²) in [6.45, 7) is 1.27. The number of piperidine rings is 3. The van der Waals surface area contributed by atoms with Gasteiger partial charge in [0.15, 0.2) is 0 Å². The van der Waals surface area contributed by atoms with Crippen molar-refractivity contribution in [3.8, 4) is 11.1 Å². The summed E-state index contributed by atoms with van der Waals surface area (Å²) in [5.74, 6) is -0.399. The van der Waals surface area contributed by atoms with Crippen LogP contribution in [0.4, 0.5) is 30.2 Å². The molecule has 0 bridgehead atoms. The SMILES string of the molecule is O=C1CCCCN1c1ccc(-c2c(N3CCCCC3=O)cc(C(F)(F)F)cc2N2CCCCC2=O)cc1. The van der Waals surface area contributed by atoms with Crippen molar-refractivity contribution in [1.29, 1.82) is 0 Å². The van der Waals surface area contributed by atoms with Crippen LogP contribution in [-0.2, 0) is 20.6 Å². The Morgan fingerprint density at radius 2 is 1.03 bits per heavy atom. The Morgan fingerprint density at radius 1 is 0.595 bits per heavy atom. The van der Waals surface area contributed by atoms with Gasteiger partial charge in [0.2, 0.25) is 17.7 Å². The van der Waals surface area contributed by atoms with Gasteiger partial charge in [0.05, 0.1) is 16.9 Å². The zero-order valence-electron chi connectivity index (χ0n) is 20.6. The Balaban J connectivity index is 1.68. The lowest BCUT2D eigenvalue weighted by molar-refractivity contribution is -0.137. The maximum atomic E-state index is 14.1. The summed E-state index contributed by atoms with van der Waals surface area (Å²) in [6, 6.07) is 9.21. The molecule has 0 spiro atoms. The molecule has 0 aromatic heterocycles. The minimum absolute atomic E-state index is 0.0488. The van der Waals surface area contributed by atoms with Crippen LogP contribution in [0.2, 0.25) is 0 Å². The van der Waals surface area contributed by atoms with E-state index in [1.54, 1.807) is 29.2 Å². The van der Waals surface area contributed by atoms with Crippen molar-refractivity contribution in [2.24, 2.45) is 0 Å². The van der Waals surface area contributed by atoms with Crippen LogP contribution in [0.25, 0.3) is 11.1 Å². The van der Waals surface area contributed by atoms with Gasteiger partial charge in [-0.3, -0.25) is 14.4 Å². The van der Waals surface area contributed by atoms with Crippen LogP contribution in [0.5, 0.6) is 0 Å². The summed E-state index contributed by atoms with van der Waals surface area (Å²) in [5, 5.41) is 0. The van der Waals surface area contributed by atoms with Crippen LogP contribution in [0.15, 0.2) is 36.4 Å². The van der Waals surface area contributed by atoms with Crippen molar-refractivity contribution in [3.63, 3.8) is 0 Å². The fraction of sp³-hybridized carbons (Fsp3) is 0.464. The molecule has 0 atom stereocenters. The molecule has 2 aromatic rings. The number of halogens is 3. The monoisotopic (exact) mass is 513 g/mol. The van der Waals surface area contributed by atoms with E-state index < -0.39 is 11.7 Å². The zero-order valence-corrected chi connectivity index (χ0v) is 20.6. The van der Waals surface area contributed by atoms with Gasteiger partial charge in [0.25, 0.3) is 0 Å². The molecular weight excluding hydrogens is 483 g/mol. The maximum Gasteiger partial charge on any atom is 0.416 e. The number of amides is 3. The maximum absolute atomic E-state index is 14.1. The molecule has 0 saturated carbocycles. The van der Waals surface area contributed by atoms with Gasteiger partial charge in [0, 0.05) is 50.1 Å². The number of carbonyl (C=O) groups is 3. The predicted octanol–water partition coefficient (Wildman–Crippen LogP) is 5.92. The van der Waals surface area contributed by atoms with Crippen LogP contribution in [0, 0.1) is 0 Å². The molecule has 0 N–H and O–H groups in total. The first kappa shape index (κ1) is 25.3. The van der Waals surface area contributed by atoms with E-state index in [1.165, 1.54) is 9.80 Å². The molecule has 3 aliphatic heterocycles. The zero-order chi connectivity index (χ0) is 26.2. The second-order valence-electron chi connectivity index (χ2n) is 9.94. The second kappa shape index (κ2) is 10.2. The van der Waals surface area contributed by atoms with Crippen LogP contribution >= 0.6 is 0 Å². The Kier molecular flexibility index (Phi) is 6.96. The molecule has 3 aliphatic rings. The molecule has 37 heavy (non-hydrogen) atoms. The van der Waals surface area contributed by atoms with E-state index in [1.807, 2.05) is 0 Å². The van der Waals surface area contributed by atoms with Crippen LogP contribution in [0.1, 0.15) is 63.4 Å². The fourth-order valence-electron chi connectivity index (χ4n) is 5.51. The van der Waals surface area contributed by atoms with Crippen molar-refractivity contribution < 1.29 is 27.6 Å². The van der Waals surface area contributed by atoms with Gasteiger partial charge in [-0.1, -0.05) is 12.1 Å². The molecule has 2 aromatic carbocycles. The predicted molar refractivity (Wildman–Crippen MR) is 135 cm³/mol. The average molecular weight is 514 g/mol. The minimum atomic E-state index is -4.64. The highest BCUT2D eigenvalue weighted by Crippen LogP contribution is 2.46. The molecule has 0 unspecified atom stereocenters. The summed E-state index contributed by atoms with van der Waals surface area (Å²) >= 11 is 0. The van der Waals surface area contributed by atoms with Gasteiger partial charge >= 0.3 is 6.18 Å². The standard InChI is InChI=1S/C28H30F3N3O3/c29-28(30,31)20-17-22(33-15-5-2-8-25(33)36)27(23(18-20)34-16-6-3-9-26(34)37)19-10-12-21(13-11-19)32-14-4-1-7-24(32)35/h10-13,17-18H,1-9,14-16H2. The summed E-state index contributed by atoms with van der Waals surface area (Å²) in [5.41, 5.74) is 1.24. The van der Waals surface area contributed by atoms with Crippen molar-refractivity contribution in [2.45, 2.75) is 64.0 Å². The molecule has 5 rings (SSSR count). The number of nitrogens with zero attached hydrogens (tertiary/aromatic N) is 3. The normalized spacial score (nSPS) is 19.5. The van der Waals surface area contributed by atoms with Crippen LogP contribution in [-0.4, -0.2) is 37.4 Å². The fourth-order valence-corrected chi connectivity index (χ4v) is 5.51. The van der Waals surface area contributed by atoms with E-state index in [-0.39, 0.29) is 41.9 Å². The number of hydrogen-bond acceptors (Lipinski definition) is 3. The van der Waals surface area contributed by atoms with E-state index in [0.717, 1.165) is 30.7 Å². The lowest BCUT2D eigenvalue weighted by atomic mass is 9.94. The molecule has 196 valence electrons. The van der Waals surface area contributed by atoms with E-state index in [4.69, 9.17) is 0 Å². The highest BCUT2D eigenvalue weighted by molar-refractivity contribution is 6.06. The first-order valence-corrected chi connectivity index (χ1v) is 13.0. The quantitative estimate of drug-likeness (QED) is 0.510. The Labute approximate surface area is 214 Å². The Bertz CT molecular complexity index is 1160. The lowest BCUT2D eigenvalue weighted by Crippen LogP contribution is -2.38. The van der Waals surface area contributed by atoms with Gasteiger partial charge in [-0.05, 0) is 68.4 Å². The third kappa shape index (κ3) is 5.08. The first-order valence-electron chi connectivity index (χ1n) is 13.0. The number of benzene rings is 2. The molecule has 3 heterocycles.